The normalized spacial score (nSPS) is 25.8. The van der Waals surface area contributed by atoms with Crippen molar-refractivity contribution >= 4 is 22.5 Å². The summed E-state index contributed by atoms with van der Waals surface area (Å²) in [6.07, 6.45) is 6.22. The molecule has 6 atom stereocenters. The van der Waals surface area contributed by atoms with E-state index >= 15 is 0 Å². The lowest BCUT2D eigenvalue weighted by Crippen LogP contribution is -2.55. The summed E-state index contributed by atoms with van der Waals surface area (Å²) in [4.78, 5) is 23.2. The van der Waals surface area contributed by atoms with Gasteiger partial charge in [-0.1, -0.05) is 50.3 Å². The third-order valence-electron chi connectivity index (χ3n) is 9.46. The minimum absolute atomic E-state index is 0.0275. The van der Waals surface area contributed by atoms with Gasteiger partial charge in [0.1, 0.15) is 0 Å². The van der Waals surface area contributed by atoms with Crippen molar-refractivity contribution in [2.24, 2.45) is 17.8 Å². The number of carbonyl (C=O) groups is 1. The average molecular weight is 569 g/mol. The van der Waals surface area contributed by atoms with E-state index in [9.17, 15) is 4.79 Å². The van der Waals surface area contributed by atoms with Crippen LogP contribution in [0.2, 0.25) is 0 Å². The van der Waals surface area contributed by atoms with Crippen molar-refractivity contribution in [2.45, 2.75) is 51.5 Å². The SMILES string of the molecule is C=CC1CN2CCC1CC2[C@H](OCc1ccccc1)c1ccnc2ccc(NC(=O)[C@H](C(C)C)N3CCOCC3)cc12. The van der Waals surface area contributed by atoms with Gasteiger partial charge in [-0.05, 0) is 72.5 Å². The summed E-state index contributed by atoms with van der Waals surface area (Å²) in [5.41, 5.74) is 4.00. The number of pyridine rings is 1. The van der Waals surface area contributed by atoms with E-state index < -0.39 is 0 Å². The Morgan fingerprint density at radius 3 is 2.67 bits per heavy atom. The van der Waals surface area contributed by atoms with Gasteiger partial charge in [0.15, 0.2) is 0 Å². The third-order valence-corrected chi connectivity index (χ3v) is 9.46. The third kappa shape index (κ3) is 6.16. The molecule has 0 saturated carbocycles. The molecule has 5 heterocycles. The number of nitrogens with zero attached hydrogens (tertiary/aromatic N) is 3. The van der Waals surface area contributed by atoms with Gasteiger partial charge >= 0.3 is 0 Å². The molecular weight excluding hydrogens is 524 g/mol. The first kappa shape index (κ1) is 29.0. The van der Waals surface area contributed by atoms with Crippen LogP contribution < -0.4 is 5.32 Å². The summed E-state index contributed by atoms with van der Waals surface area (Å²) >= 11 is 0. The van der Waals surface area contributed by atoms with E-state index in [-0.39, 0.29) is 30.0 Å². The molecule has 4 aliphatic rings. The lowest BCUT2D eigenvalue weighted by atomic mass is 9.73. The number of aromatic nitrogens is 1. The number of nitrogens with one attached hydrogen (secondary N) is 1. The van der Waals surface area contributed by atoms with Crippen LogP contribution in [0.25, 0.3) is 10.9 Å². The molecular formula is C35H44N4O3. The van der Waals surface area contributed by atoms with E-state index in [0.717, 1.165) is 60.3 Å². The number of morpholine rings is 1. The molecule has 1 N–H and O–H groups in total. The molecule has 4 fully saturated rings. The van der Waals surface area contributed by atoms with E-state index in [1.54, 1.807) is 0 Å². The van der Waals surface area contributed by atoms with E-state index in [1.165, 1.54) is 6.42 Å². The van der Waals surface area contributed by atoms with Gasteiger partial charge in [0.2, 0.25) is 5.91 Å². The van der Waals surface area contributed by atoms with Crippen molar-refractivity contribution in [2.75, 3.05) is 44.7 Å². The number of piperidine rings is 3. The van der Waals surface area contributed by atoms with Crippen LogP contribution in [-0.4, -0.2) is 72.2 Å². The zero-order valence-corrected chi connectivity index (χ0v) is 25.0. The Balaban J connectivity index is 1.31. The van der Waals surface area contributed by atoms with Crippen LogP contribution in [0.4, 0.5) is 5.69 Å². The minimum Gasteiger partial charge on any atom is -0.379 e. The van der Waals surface area contributed by atoms with E-state index in [4.69, 9.17) is 14.5 Å². The molecule has 4 unspecified atom stereocenters. The van der Waals surface area contributed by atoms with Crippen molar-refractivity contribution in [1.29, 1.82) is 0 Å². The van der Waals surface area contributed by atoms with Crippen LogP contribution >= 0.6 is 0 Å². The zero-order valence-electron chi connectivity index (χ0n) is 25.0. The summed E-state index contributed by atoms with van der Waals surface area (Å²) < 4.78 is 12.4. The summed E-state index contributed by atoms with van der Waals surface area (Å²) in [7, 11) is 0. The first-order valence-electron chi connectivity index (χ1n) is 15.5. The number of carbonyl (C=O) groups excluding carboxylic acids is 1. The van der Waals surface area contributed by atoms with Gasteiger partial charge in [-0.2, -0.15) is 0 Å². The number of ether oxygens (including phenoxy) is 2. The highest BCUT2D eigenvalue weighted by atomic mass is 16.5. The van der Waals surface area contributed by atoms with Crippen LogP contribution in [0, 0.1) is 17.8 Å². The lowest BCUT2D eigenvalue weighted by Gasteiger charge is -2.51. The molecule has 7 heteroatoms. The van der Waals surface area contributed by atoms with Gasteiger partial charge in [-0.3, -0.25) is 19.6 Å². The fourth-order valence-electron chi connectivity index (χ4n) is 7.32. The molecule has 0 spiro atoms. The summed E-state index contributed by atoms with van der Waals surface area (Å²) in [5.74, 6) is 1.39. The Morgan fingerprint density at radius 2 is 1.95 bits per heavy atom. The largest absolute Gasteiger partial charge is 0.379 e. The van der Waals surface area contributed by atoms with Gasteiger partial charge < -0.3 is 14.8 Å². The Morgan fingerprint density at radius 1 is 1.14 bits per heavy atom. The number of hydrogen-bond acceptors (Lipinski definition) is 6. The number of hydrogen-bond donors (Lipinski definition) is 1. The Hall–Kier alpha value is -3.10. The standard InChI is InChI=1S/C35H44N4O3/c1-4-26-22-39-15-13-27(26)20-32(39)34(42-23-25-8-6-5-7-9-25)29-12-14-36-31-11-10-28(21-30(29)31)37-35(40)33(24(2)3)38-16-18-41-19-17-38/h4-12,14,21,24,26-27,32-34H,1,13,15-20,22-23H2,2-3H3,(H,37,40)/t26?,27?,32?,33-,34+/m0/s1. The Kier molecular flexibility index (Phi) is 9.00. The molecule has 4 saturated heterocycles. The summed E-state index contributed by atoms with van der Waals surface area (Å²) in [6, 6.07) is 18.7. The van der Waals surface area contributed by atoms with E-state index in [1.807, 2.05) is 24.4 Å². The molecule has 1 amide bonds. The van der Waals surface area contributed by atoms with E-state index in [0.29, 0.717) is 31.7 Å². The van der Waals surface area contributed by atoms with Crippen molar-refractivity contribution in [3.63, 3.8) is 0 Å². The van der Waals surface area contributed by atoms with Crippen molar-refractivity contribution in [3.8, 4) is 0 Å². The maximum atomic E-state index is 13.6. The van der Waals surface area contributed by atoms with Crippen LogP contribution in [0.1, 0.15) is 43.9 Å². The highest BCUT2D eigenvalue weighted by Crippen LogP contribution is 2.44. The van der Waals surface area contributed by atoms with Gasteiger partial charge in [-0.15, -0.1) is 6.58 Å². The second-order valence-electron chi connectivity index (χ2n) is 12.4. The quantitative estimate of drug-likeness (QED) is 0.317. The van der Waals surface area contributed by atoms with Crippen LogP contribution in [0.3, 0.4) is 0 Å². The number of fused-ring (bicyclic) bond motifs is 4. The fraction of sp³-hybridized carbons (Fsp3) is 0.486. The van der Waals surface area contributed by atoms with Gasteiger partial charge in [-0.25, -0.2) is 0 Å². The first-order chi connectivity index (χ1) is 20.5. The van der Waals surface area contributed by atoms with Crippen molar-refractivity contribution in [1.82, 2.24) is 14.8 Å². The molecule has 0 radical (unpaired) electrons. The topological polar surface area (TPSA) is 66.9 Å². The summed E-state index contributed by atoms with van der Waals surface area (Å²) in [5, 5.41) is 4.28. The molecule has 222 valence electrons. The first-order valence-corrected chi connectivity index (χ1v) is 15.5. The minimum atomic E-state index is -0.205. The average Bonchev–Trinajstić information content (AvgIpc) is 3.02. The molecule has 42 heavy (non-hydrogen) atoms. The molecule has 3 aromatic rings. The van der Waals surface area contributed by atoms with Gasteiger partial charge in [0.05, 0.1) is 37.5 Å². The molecule has 4 aliphatic heterocycles. The van der Waals surface area contributed by atoms with Crippen molar-refractivity contribution in [3.05, 3.63) is 84.6 Å². The van der Waals surface area contributed by atoms with E-state index in [2.05, 4.69) is 78.0 Å². The monoisotopic (exact) mass is 568 g/mol. The zero-order chi connectivity index (χ0) is 29.1. The molecule has 0 aliphatic carbocycles. The number of benzene rings is 2. The fourth-order valence-corrected chi connectivity index (χ4v) is 7.32. The molecule has 7 rings (SSSR count). The second-order valence-corrected chi connectivity index (χ2v) is 12.4. The molecule has 2 bridgehead atoms. The maximum Gasteiger partial charge on any atom is 0.241 e. The smallest absolute Gasteiger partial charge is 0.241 e. The molecule has 2 aromatic carbocycles. The number of anilines is 1. The van der Waals surface area contributed by atoms with Gasteiger partial charge in [0.25, 0.3) is 0 Å². The number of rotatable bonds is 10. The molecule has 1 aromatic heterocycles. The second kappa shape index (κ2) is 13.0. The predicted molar refractivity (Wildman–Crippen MR) is 167 cm³/mol. The highest BCUT2D eigenvalue weighted by Gasteiger charge is 2.43. The lowest BCUT2D eigenvalue weighted by molar-refractivity contribution is -0.124. The molecule has 7 nitrogen and oxygen atoms in total. The van der Waals surface area contributed by atoms with Crippen molar-refractivity contribution < 1.29 is 14.3 Å². The van der Waals surface area contributed by atoms with Crippen LogP contribution in [0.15, 0.2) is 73.4 Å². The Labute approximate surface area is 249 Å². The number of amides is 1. The predicted octanol–water partition coefficient (Wildman–Crippen LogP) is 5.68. The van der Waals surface area contributed by atoms with Crippen LogP contribution in [-0.2, 0) is 20.9 Å². The van der Waals surface area contributed by atoms with Crippen LogP contribution in [0.5, 0.6) is 0 Å². The Bertz CT molecular complexity index is 1370. The maximum absolute atomic E-state index is 13.6. The highest BCUT2D eigenvalue weighted by molar-refractivity contribution is 5.97. The summed E-state index contributed by atoms with van der Waals surface area (Å²) in [6.45, 7) is 13.9. The van der Waals surface area contributed by atoms with Gasteiger partial charge in [0, 0.05) is 42.9 Å².